The molecule has 0 saturated heterocycles. The lowest BCUT2D eigenvalue weighted by Crippen LogP contribution is -2.23. The predicted molar refractivity (Wildman–Crippen MR) is 73.0 cm³/mol. The lowest BCUT2D eigenvalue weighted by molar-refractivity contribution is -0.385. The van der Waals surface area contributed by atoms with Crippen LogP contribution in [0.25, 0.3) is 0 Å². The number of non-ortho nitro benzene ring substituents is 1. The van der Waals surface area contributed by atoms with Gasteiger partial charge in [-0.25, -0.2) is 0 Å². The number of amides is 1. The van der Waals surface area contributed by atoms with Crippen molar-refractivity contribution in [3.8, 4) is 0 Å². The maximum Gasteiger partial charge on any atom is 0.271 e. The molecule has 0 saturated carbocycles. The van der Waals surface area contributed by atoms with Gasteiger partial charge in [-0.15, -0.1) is 11.6 Å². The van der Waals surface area contributed by atoms with E-state index in [4.69, 9.17) is 11.6 Å². The summed E-state index contributed by atoms with van der Waals surface area (Å²) in [6.45, 7) is 0.325. The van der Waals surface area contributed by atoms with E-state index in [1.165, 1.54) is 18.2 Å². The van der Waals surface area contributed by atoms with Crippen LogP contribution >= 0.6 is 27.5 Å². The first-order chi connectivity index (χ1) is 8.54. The van der Waals surface area contributed by atoms with Crippen molar-refractivity contribution in [2.45, 2.75) is 0 Å². The fourth-order valence-corrected chi connectivity index (χ4v) is 1.82. The molecule has 0 heterocycles. The largest absolute Gasteiger partial charge is 0.349 e. The molecule has 1 N–H and O–H groups in total. The monoisotopic (exact) mass is 332 g/mol. The second-order valence-corrected chi connectivity index (χ2v) is 4.52. The highest BCUT2D eigenvalue weighted by Crippen LogP contribution is 2.21. The van der Waals surface area contributed by atoms with E-state index in [9.17, 15) is 14.9 Å². The Morgan fingerprint density at radius 3 is 2.78 bits per heavy atom. The van der Waals surface area contributed by atoms with Crippen LogP contribution in [0.3, 0.4) is 0 Å². The second kappa shape index (κ2) is 7.13. The number of hydrogen-bond acceptors (Lipinski definition) is 3. The van der Waals surface area contributed by atoms with E-state index in [1.807, 2.05) is 0 Å². The number of allylic oxidation sites excluding steroid dienone is 1. The number of hydrogen-bond donors (Lipinski definition) is 1. The van der Waals surface area contributed by atoms with Crippen molar-refractivity contribution in [1.82, 2.24) is 5.32 Å². The van der Waals surface area contributed by atoms with Gasteiger partial charge in [-0.05, 0) is 6.07 Å². The first-order valence-corrected chi connectivity index (χ1v) is 6.31. The smallest absolute Gasteiger partial charge is 0.271 e. The minimum atomic E-state index is -0.547. The van der Waals surface area contributed by atoms with Gasteiger partial charge in [0.1, 0.15) is 0 Å². The van der Waals surface area contributed by atoms with Crippen LogP contribution in [-0.4, -0.2) is 23.3 Å². The van der Waals surface area contributed by atoms with Crippen molar-refractivity contribution in [2.24, 2.45) is 0 Å². The highest BCUT2D eigenvalue weighted by Gasteiger charge is 2.13. The molecule has 0 spiro atoms. The van der Waals surface area contributed by atoms with Crippen LogP contribution in [0.1, 0.15) is 10.4 Å². The van der Waals surface area contributed by atoms with E-state index in [-0.39, 0.29) is 17.2 Å². The Bertz CT molecular complexity index is 491. The Hall–Kier alpha value is -1.40. The zero-order chi connectivity index (χ0) is 13.5. The van der Waals surface area contributed by atoms with Crippen LogP contribution in [0.15, 0.2) is 34.8 Å². The summed E-state index contributed by atoms with van der Waals surface area (Å²) >= 11 is 8.56. The maximum absolute atomic E-state index is 11.7. The van der Waals surface area contributed by atoms with Crippen LogP contribution in [0.5, 0.6) is 0 Å². The van der Waals surface area contributed by atoms with Crippen molar-refractivity contribution in [3.05, 3.63) is 50.5 Å². The molecule has 5 nitrogen and oxygen atoms in total. The Labute approximate surface area is 117 Å². The zero-order valence-electron chi connectivity index (χ0n) is 9.23. The molecule has 0 aliphatic rings. The number of nitrogens with one attached hydrogen (secondary N) is 1. The van der Waals surface area contributed by atoms with Gasteiger partial charge in [0.05, 0.1) is 4.92 Å². The first kappa shape index (κ1) is 14.7. The van der Waals surface area contributed by atoms with Gasteiger partial charge in [0, 0.05) is 34.6 Å². The van der Waals surface area contributed by atoms with Gasteiger partial charge in [0.15, 0.2) is 0 Å². The number of nitro benzene ring substituents is 1. The molecule has 0 radical (unpaired) electrons. The summed E-state index contributed by atoms with van der Waals surface area (Å²) in [5, 5.41) is 13.3. The van der Waals surface area contributed by atoms with E-state index in [2.05, 4.69) is 21.2 Å². The summed E-state index contributed by atoms with van der Waals surface area (Å²) in [6.07, 6.45) is 3.41. The van der Waals surface area contributed by atoms with Gasteiger partial charge in [0.2, 0.25) is 0 Å². The van der Waals surface area contributed by atoms with Gasteiger partial charge in [-0.2, -0.15) is 0 Å². The number of nitro groups is 1. The van der Waals surface area contributed by atoms with Gasteiger partial charge in [0.25, 0.3) is 11.6 Å². The number of rotatable bonds is 5. The third-order valence-electron chi connectivity index (χ3n) is 1.99. The summed E-state index contributed by atoms with van der Waals surface area (Å²) in [5.41, 5.74) is 0.0983. The number of benzene rings is 1. The summed E-state index contributed by atoms with van der Waals surface area (Å²) in [4.78, 5) is 21.8. The standard InChI is InChI=1S/C11H10BrClN2O3/c12-9-5-8(6-10(7-9)15(17)18)11(16)14-4-2-1-3-13/h1-2,5-7H,3-4H2,(H,14,16)/b2-1+. The number of nitrogens with zero attached hydrogens (tertiary/aromatic N) is 1. The Morgan fingerprint density at radius 2 is 2.17 bits per heavy atom. The highest BCUT2D eigenvalue weighted by molar-refractivity contribution is 9.10. The molecule has 0 aliphatic heterocycles. The molecule has 1 aromatic rings. The van der Waals surface area contributed by atoms with E-state index >= 15 is 0 Å². The molecule has 0 atom stereocenters. The zero-order valence-corrected chi connectivity index (χ0v) is 11.6. The van der Waals surface area contributed by atoms with Crippen LogP contribution in [-0.2, 0) is 0 Å². The van der Waals surface area contributed by atoms with Crippen LogP contribution < -0.4 is 5.32 Å². The summed E-state index contributed by atoms with van der Waals surface area (Å²) in [7, 11) is 0. The van der Waals surface area contributed by atoms with Crippen LogP contribution in [0, 0.1) is 10.1 Å². The number of carbonyl (C=O) groups is 1. The van der Waals surface area contributed by atoms with Gasteiger partial charge >= 0.3 is 0 Å². The molecule has 0 unspecified atom stereocenters. The molecular weight excluding hydrogens is 323 g/mol. The van der Waals surface area contributed by atoms with Crippen LogP contribution in [0.2, 0.25) is 0 Å². The third kappa shape index (κ3) is 4.46. The van der Waals surface area contributed by atoms with E-state index < -0.39 is 4.92 Å². The number of halogens is 2. The number of alkyl halides is 1. The average molecular weight is 334 g/mol. The second-order valence-electron chi connectivity index (χ2n) is 3.29. The average Bonchev–Trinajstić information content (AvgIpc) is 2.33. The van der Waals surface area contributed by atoms with Gasteiger partial charge in [-0.1, -0.05) is 28.1 Å². The van der Waals surface area contributed by atoms with Crippen LogP contribution in [0.4, 0.5) is 5.69 Å². The highest BCUT2D eigenvalue weighted by atomic mass is 79.9. The summed E-state index contributed by atoms with van der Waals surface area (Å²) < 4.78 is 0.484. The lowest BCUT2D eigenvalue weighted by atomic mass is 10.2. The quantitative estimate of drug-likeness (QED) is 0.390. The molecular formula is C11H10BrClN2O3. The molecule has 1 aromatic carbocycles. The molecule has 0 bridgehead atoms. The molecule has 0 aliphatic carbocycles. The molecule has 0 aromatic heterocycles. The lowest BCUT2D eigenvalue weighted by Gasteiger charge is -2.03. The maximum atomic E-state index is 11.7. The minimum absolute atomic E-state index is 0.133. The van der Waals surface area contributed by atoms with Crippen molar-refractivity contribution >= 4 is 39.1 Å². The minimum Gasteiger partial charge on any atom is -0.349 e. The summed E-state index contributed by atoms with van der Waals surface area (Å²) in [6, 6.07) is 4.09. The predicted octanol–water partition coefficient (Wildman–Crippen LogP) is 2.88. The van der Waals surface area contributed by atoms with Crippen molar-refractivity contribution in [1.29, 1.82) is 0 Å². The Balaban J connectivity index is 2.79. The Morgan fingerprint density at radius 1 is 1.44 bits per heavy atom. The number of carbonyl (C=O) groups excluding carboxylic acids is 1. The normalized spacial score (nSPS) is 10.6. The van der Waals surface area contributed by atoms with Gasteiger partial charge < -0.3 is 5.32 Å². The Kier molecular flexibility index (Phi) is 5.80. The van der Waals surface area contributed by atoms with Crippen molar-refractivity contribution in [3.63, 3.8) is 0 Å². The fourth-order valence-electron chi connectivity index (χ4n) is 1.21. The van der Waals surface area contributed by atoms with E-state index in [1.54, 1.807) is 12.2 Å². The molecule has 1 rings (SSSR count). The van der Waals surface area contributed by atoms with Crippen molar-refractivity contribution < 1.29 is 9.72 Å². The SMILES string of the molecule is O=C(NC/C=C/CCl)c1cc(Br)cc([N+](=O)[O-])c1. The summed E-state index contributed by atoms with van der Waals surface area (Å²) in [5.74, 6) is -0.00303. The third-order valence-corrected chi connectivity index (χ3v) is 2.63. The molecule has 7 heteroatoms. The molecule has 1 amide bonds. The molecule has 18 heavy (non-hydrogen) atoms. The van der Waals surface area contributed by atoms with Gasteiger partial charge in [-0.3, -0.25) is 14.9 Å². The first-order valence-electron chi connectivity index (χ1n) is 4.98. The van der Waals surface area contributed by atoms with E-state index in [0.717, 1.165) is 0 Å². The van der Waals surface area contributed by atoms with Crippen molar-refractivity contribution in [2.75, 3.05) is 12.4 Å². The molecule has 96 valence electrons. The van der Waals surface area contributed by atoms with E-state index in [0.29, 0.717) is 16.9 Å². The fraction of sp³-hybridized carbons (Fsp3) is 0.182. The topological polar surface area (TPSA) is 72.2 Å². The molecule has 0 fully saturated rings.